The van der Waals surface area contributed by atoms with E-state index in [-0.39, 0.29) is 11.8 Å². The summed E-state index contributed by atoms with van der Waals surface area (Å²) in [6.07, 6.45) is 4.67. The van der Waals surface area contributed by atoms with E-state index in [0.29, 0.717) is 23.6 Å². The summed E-state index contributed by atoms with van der Waals surface area (Å²) < 4.78 is 1.54. The van der Waals surface area contributed by atoms with Gasteiger partial charge in [0.05, 0.1) is 17.2 Å². The zero-order valence-electron chi connectivity index (χ0n) is 15.1. The second-order valence-corrected chi connectivity index (χ2v) is 6.52. The molecule has 0 spiro atoms. The van der Waals surface area contributed by atoms with E-state index in [9.17, 15) is 10.1 Å². The molecule has 9 nitrogen and oxygen atoms in total. The number of nitriles is 1. The van der Waals surface area contributed by atoms with E-state index >= 15 is 0 Å². The summed E-state index contributed by atoms with van der Waals surface area (Å²) in [5.74, 6) is 1.04. The maximum atomic E-state index is 12.7. The van der Waals surface area contributed by atoms with E-state index in [1.165, 1.54) is 11.0 Å². The Hall–Kier alpha value is -3.80. The molecule has 1 atom stereocenters. The van der Waals surface area contributed by atoms with Crippen LogP contribution in [0, 0.1) is 17.2 Å². The van der Waals surface area contributed by atoms with Gasteiger partial charge in [-0.05, 0) is 37.1 Å². The summed E-state index contributed by atoms with van der Waals surface area (Å²) in [6.45, 7) is 1.37. The van der Waals surface area contributed by atoms with Crippen molar-refractivity contribution in [1.29, 1.82) is 5.26 Å². The third kappa shape index (κ3) is 3.66. The highest BCUT2D eigenvalue weighted by Crippen LogP contribution is 2.23. The van der Waals surface area contributed by atoms with Crippen LogP contribution in [0.25, 0.3) is 5.82 Å². The Balaban J connectivity index is 1.44. The minimum absolute atomic E-state index is 0.0837. The Bertz CT molecular complexity index is 994. The van der Waals surface area contributed by atoms with Crippen LogP contribution in [0.15, 0.2) is 49.1 Å². The molecule has 0 saturated carbocycles. The zero-order valence-corrected chi connectivity index (χ0v) is 15.1. The Morgan fingerprint density at radius 2 is 2.00 bits per heavy atom. The van der Waals surface area contributed by atoms with Crippen LogP contribution in [0.5, 0.6) is 0 Å². The summed E-state index contributed by atoms with van der Waals surface area (Å²) in [4.78, 5) is 18.7. The molecule has 3 heterocycles. The smallest absolute Gasteiger partial charge is 0.229 e. The van der Waals surface area contributed by atoms with Crippen molar-refractivity contribution in [2.24, 2.45) is 5.92 Å². The van der Waals surface area contributed by atoms with Crippen LogP contribution in [0.4, 0.5) is 11.5 Å². The van der Waals surface area contributed by atoms with Crippen molar-refractivity contribution in [3.8, 4) is 11.9 Å². The van der Waals surface area contributed by atoms with Gasteiger partial charge in [-0.2, -0.15) is 10.4 Å². The topological polar surface area (TPSA) is 113 Å². The number of piperidine rings is 1. The normalized spacial score (nSPS) is 16.4. The van der Waals surface area contributed by atoms with E-state index in [1.807, 2.05) is 12.1 Å². The lowest BCUT2D eigenvalue weighted by Crippen LogP contribution is -2.41. The third-order valence-electron chi connectivity index (χ3n) is 4.71. The molecule has 1 fully saturated rings. The van der Waals surface area contributed by atoms with Gasteiger partial charge in [-0.1, -0.05) is 12.1 Å². The van der Waals surface area contributed by atoms with Gasteiger partial charge in [0.25, 0.3) is 0 Å². The standard InChI is InChI=1S/C19H18N8O/c20-10-14-4-1-2-6-16(14)23-19(28)15-5-3-9-26(11-15)17-7-8-18(25-24-17)27-13-21-12-22-27/h1-2,4,6-8,12-13,15H,3,5,9,11H2,(H,23,28). The van der Waals surface area contributed by atoms with Crippen LogP contribution in [-0.2, 0) is 4.79 Å². The van der Waals surface area contributed by atoms with Gasteiger partial charge in [0, 0.05) is 13.1 Å². The number of anilines is 2. The summed E-state index contributed by atoms with van der Waals surface area (Å²) in [5.41, 5.74) is 1.00. The highest BCUT2D eigenvalue weighted by molar-refractivity contribution is 5.94. The first-order chi connectivity index (χ1) is 13.7. The second-order valence-electron chi connectivity index (χ2n) is 6.52. The average Bonchev–Trinajstić information content (AvgIpc) is 3.29. The van der Waals surface area contributed by atoms with Crippen LogP contribution in [0.2, 0.25) is 0 Å². The number of benzene rings is 1. The number of carbonyl (C=O) groups excluding carboxylic acids is 1. The molecule has 1 N–H and O–H groups in total. The van der Waals surface area contributed by atoms with E-state index in [4.69, 9.17) is 0 Å². The van der Waals surface area contributed by atoms with Crippen LogP contribution in [0.1, 0.15) is 18.4 Å². The molecule has 1 aromatic carbocycles. The molecule has 1 amide bonds. The highest BCUT2D eigenvalue weighted by atomic mass is 16.1. The fourth-order valence-electron chi connectivity index (χ4n) is 3.26. The minimum atomic E-state index is -0.183. The third-order valence-corrected chi connectivity index (χ3v) is 4.71. The predicted molar refractivity (Wildman–Crippen MR) is 102 cm³/mol. The van der Waals surface area contributed by atoms with Crippen LogP contribution < -0.4 is 10.2 Å². The SMILES string of the molecule is N#Cc1ccccc1NC(=O)C1CCCN(c2ccc(-n3cncn3)nn2)C1. The van der Waals surface area contributed by atoms with Crippen molar-refractivity contribution in [2.75, 3.05) is 23.3 Å². The molecule has 2 aromatic heterocycles. The fraction of sp³-hybridized carbons (Fsp3) is 0.263. The van der Waals surface area contributed by atoms with Gasteiger partial charge in [-0.25, -0.2) is 9.67 Å². The number of rotatable bonds is 4. The Morgan fingerprint density at radius 3 is 2.75 bits per heavy atom. The van der Waals surface area contributed by atoms with Gasteiger partial charge in [0.15, 0.2) is 11.6 Å². The molecule has 1 saturated heterocycles. The summed E-state index contributed by atoms with van der Waals surface area (Å²) in [6, 6.07) is 12.8. The molecule has 9 heteroatoms. The lowest BCUT2D eigenvalue weighted by atomic mass is 9.97. The molecule has 0 bridgehead atoms. The Kier molecular flexibility index (Phi) is 4.93. The molecule has 4 rings (SSSR count). The Labute approximate surface area is 161 Å². The number of para-hydroxylation sites is 1. The number of carbonyl (C=O) groups is 1. The molecule has 3 aromatic rings. The lowest BCUT2D eigenvalue weighted by molar-refractivity contribution is -0.120. The van der Waals surface area contributed by atoms with Gasteiger partial charge >= 0.3 is 0 Å². The molecule has 140 valence electrons. The van der Waals surface area contributed by atoms with Gasteiger partial charge in [-0.3, -0.25) is 4.79 Å². The first kappa shape index (κ1) is 17.6. The quantitative estimate of drug-likeness (QED) is 0.740. The Morgan fingerprint density at radius 1 is 1.18 bits per heavy atom. The van der Waals surface area contributed by atoms with Gasteiger partial charge in [0.1, 0.15) is 18.7 Å². The predicted octanol–water partition coefficient (Wildman–Crippen LogP) is 1.78. The van der Waals surface area contributed by atoms with E-state index in [0.717, 1.165) is 25.2 Å². The van der Waals surface area contributed by atoms with Crippen molar-refractivity contribution in [2.45, 2.75) is 12.8 Å². The van der Waals surface area contributed by atoms with Gasteiger partial charge < -0.3 is 10.2 Å². The molecule has 28 heavy (non-hydrogen) atoms. The monoisotopic (exact) mass is 374 g/mol. The van der Waals surface area contributed by atoms with Crippen molar-refractivity contribution < 1.29 is 4.79 Å². The number of amides is 1. The summed E-state index contributed by atoms with van der Waals surface area (Å²) in [5, 5.41) is 24.6. The number of nitrogens with one attached hydrogen (secondary N) is 1. The first-order valence-corrected chi connectivity index (χ1v) is 8.98. The molecule has 1 aliphatic rings. The van der Waals surface area contributed by atoms with Crippen molar-refractivity contribution in [3.63, 3.8) is 0 Å². The van der Waals surface area contributed by atoms with Gasteiger partial charge in [0.2, 0.25) is 5.91 Å². The average molecular weight is 374 g/mol. The lowest BCUT2D eigenvalue weighted by Gasteiger charge is -2.32. The maximum absolute atomic E-state index is 12.7. The van der Waals surface area contributed by atoms with Crippen molar-refractivity contribution in [3.05, 3.63) is 54.6 Å². The van der Waals surface area contributed by atoms with E-state index in [2.05, 4.69) is 36.6 Å². The van der Waals surface area contributed by atoms with Crippen LogP contribution in [0.3, 0.4) is 0 Å². The number of hydrogen-bond donors (Lipinski definition) is 1. The van der Waals surface area contributed by atoms with Crippen LogP contribution in [-0.4, -0.2) is 44.0 Å². The molecular formula is C19H18N8O. The maximum Gasteiger partial charge on any atom is 0.229 e. The van der Waals surface area contributed by atoms with E-state index < -0.39 is 0 Å². The molecule has 0 radical (unpaired) electrons. The largest absolute Gasteiger partial charge is 0.354 e. The minimum Gasteiger partial charge on any atom is -0.354 e. The molecule has 1 unspecified atom stereocenters. The fourth-order valence-corrected chi connectivity index (χ4v) is 3.26. The summed E-state index contributed by atoms with van der Waals surface area (Å²) in [7, 11) is 0. The number of nitrogens with zero attached hydrogens (tertiary/aromatic N) is 7. The number of hydrogen-bond acceptors (Lipinski definition) is 7. The van der Waals surface area contributed by atoms with Crippen molar-refractivity contribution in [1.82, 2.24) is 25.0 Å². The molecular weight excluding hydrogens is 356 g/mol. The summed E-state index contributed by atoms with van der Waals surface area (Å²) >= 11 is 0. The van der Waals surface area contributed by atoms with Crippen LogP contribution >= 0.6 is 0 Å². The van der Waals surface area contributed by atoms with Gasteiger partial charge in [-0.15, -0.1) is 10.2 Å². The second kappa shape index (κ2) is 7.84. The first-order valence-electron chi connectivity index (χ1n) is 8.98. The molecule has 0 aliphatic carbocycles. The number of aromatic nitrogens is 5. The van der Waals surface area contributed by atoms with Crippen molar-refractivity contribution >= 4 is 17.4 Å². The molecule has 1 aliphatic heterocycles. The highest BCUT2D eigenvalue weighted by Gasteiger charge is 2.27. The van der Waals surface area contributed by atoms with E-state index in [1.54, 1.807) is 30.6 Å². The zero-order chi connectivity index (χ0) is 19.3.